The predicted octanol–water partition coefficient (Wildman–Crippen LogP) is 4.16. The lowest BCUT2D eigenvalue weighted by Crippen LogP contribution is -2.44. The van der Waals surface area contributed by atoms with Gasteiger partial charge in [0.2, 0.25) is 0 Å². The van der Waals surface area contributed by atoms with Crippen LogP contribution < -0.4 is 0 Å². The Hall–Kier alpha value is -2.87. The van der Waals surface area contributed by atoms with Crippen molar-refractivity contribution in [3.8, 4) is 11.1 Å². The van der Waals surface area contributed by atoms with E-state index < -0.39 is 18.6 Å². The van der Waals surface area contributed by atoms with Crippen LogP contribution >= 0.6 is 0 Å². The monoisotopic (exact) mass is 416 g/mol. The van der Waals surface area contributed by atoms with Crippen LogP contribution in [0.15, 0.2) is 30.6 Å². The standard InChI is InChI=1S/C22H23F3N4O/c1-13-9-26-20-18(13)8-16(10-27-20)15-6-14-4-5-29(12-22(23,24)25)21(30)19(14)17(7-15)11-28(2)3/h6-10H,4-5,11-12H2,1-3H3,(H,26,27). The molecule has 0 atom stereocenters. The van der Waals surface area contributed by atoms with E-state index in [4.69, 9.17) is 0 Å². The first-order chi connectivity index (χ1) is 14.1. The molecule has 1 aliphatic rings. The number of hydrogen-bond donors (Lipinski definition) is 1. The molecule has 0 saturated carbocycles. The van der Waals surface area contributed by atoms with E-state index in [-0.39, 0.29) is 6.54 Å². The zero-order valence-corrected chi connectivity index (χ0v) is 17.1. The smallest absolute Gasteiger partial charge is 0.346 e. The number of rotatable bonds is 4. The van der Waals surface area contributed by atoms with E-state index in [1.165, 1.54) is 0 Å². The maximum absolute atomic E-state index is 12.9. The second-order valence-electron chi connectivity index (χ2n) is 8.09. The lowest BCUT2D eigenvalue weighted by Gasteiger charge is -2.31. The summed E-state index contributed by atoms with van der Waals surface area (Å²) in [5, 5.41) is 1.02. The molecule has 2 aromatic heterocycles. The van der Waals surface area contributed by atoms with Crippen LogP contribution in [0.5, 0.6) is 0 Å². The SMILES string of the molecule is Cc1c[nH]c2ncc(-c3cc4c(c(CN(C)C)c3)C(=O)N(CC(F)(F)F)CC4)cc12. The van der Waals surface area contributed by atoms with Crippen LogP contribution in [0.2, 0.25) is 0 Å². The van der Waals surface area contributed by atoms with Crippen molar-refractivity contribution in [3.05, 3.63) is 52.8 Å². The summed E-state index contributed by atoms with van der Waals surface area (Å²) in [5.41, 5.74) is 5.64. The second kappa shape index (κ2) is 7.43. The summed E-state index contributed by atoms with van der Waals surface area (Å²) in [6.07, 6.45) is -0.339. The zero-order chi connectivity index (χ0) is 21.6. The number of benzene rings is 1. The number of aryl methyl sites for hydroxylation is 1. The number of fused-ring (bicyclic) bond motifs is 2. The van der Waals surface area contributed by atoms with Crippen molar-refractivity contribution in [2.75, 3.05) is 27.2 Å². The van der Waals surface area contributed by atoms with Crippen LogP contribution in [0.25, 0.3) is 22.2 Å². The summed E-state index contributed by atoms with van der Waals surface area (Å²) in [5.74, 6) is -0.549. The van der Waals surface area contributed by atoms with Gasteiger partial charge in [0.1, 0.15) is 12.2 Å². The van der Waals surface area contributed by atoms with Gasteiger partial charge in [-0.3, -0.25) is 4.79 Å². The van der Waals surface area contributed by atoms with Gasteiger partial charge in [-0.05, 0) is 61.8 Å². The maximum atomic E-state index is 12.9. The van der Waals surface area contributed by atoms with Crippen LogP contribution in [0.1, 0.15) is 27.0 Å². The Balaban J connectivity index is 1.80. The number of aromatic amines is 1. The maximum Gasteiger partial charge on any atom is 0.406 e. The van der Waals surface area contributed by atoms with Gasteiger partial charge in [0.25, 0.3) is 5.91 Å². The summed E-state index contributed by atoms with van der Waals surface area (Å²) < 4.78 is 38.7. The van der Waals surface area contributed by atoms with E-state index in [2.05, 4.69) is 16.0 Å². The van der Waals surface area contributed by atoms with Gasteiger partial charge >= 0.3 is 6.18 Å². The number of carbonyl (C=O) groups excluding carboxylic acids is 1. The molecule has 0 radical (unpaired) electrons. The second-order valence-corrected chi connectivity index (χ2v) is 8.09. The fourth-order valence-electron chi connectivity index (χ4n) is 4.05. The number of carbonyl (C=O) groups is 1. The Bertz CT molecular complexity index is 1120. The Morgan fingerprint density at radius 1 is 1.20 bits per heavy atom. The highest BCUT2D eigenvalue weighted by molar-refractivity contribution is 5.99. The number of nitrogens with zero attached hydrogens (tertiary/aromatic N) is 3. The first-order valence-corrected chi connectivity index (χ1v) is 9.73. The summed E-state index contributed by atoms with van der Waals surface area (Å²) >= 11 is 0. The highest BCUT2D eigenvalue weighted by Gasteiger charge is 2.36. The Morgan fingerprint density at radius 3 is 2.67 bits per heavy atom. The molecule has 1 N–H and O–H groups in total. The quantitative estimate of drug-likeness (QED) is 0.695. The molecule has 158 valence electrons. The van der Waals surface area contributed by atoms with Gasteiger partial charge in [-0.15, -0.1) is 0 Å². The molecule has 30 heavy (non-hydrogen) atoms. The average Bonchev–Trinajstić information content (AvgIpc) is 3.03. The lowest BCUT2D eigenvalue weighted by molar-refractivity contribution is -0.141. The summed E-state index contributed by atoms with van der Waals surface area (Å²) in [7, 11) is 3.74. The van der Waals surface area contributed by atoms with E-state index in [1.54, 1.807) is 6.20 Å². The van der Waals surface area contributed by atoms with Crippen molar-refractivity contribution in [2.45, 2.75) is 26.1 Å². The number of hydrogen-bond acceptors (Lipinski definition) is 3. The van der Waals surface area contributed by atoms with Gasteiger partial charge in [0.05, 0.1) is 0 Å². The number of amides is 1. The van der Waals surface area contributed by atoms with Crippen LogP contribution in [0.4, 0.5) is 13.2 Å². The van der Waals surface area contributed by atoms with Crippen LogP contribution in [-0.2, 0) is 13.0 Å². The Labute approximate surface area is 172 Å². The fourth-order valence-corrected chi connectivity index (χ4v) is 4.05. The summed E-state index contributed by atoms with van der Waals surface area (Å²) in [6, 6.07) is 5.87. The van der Waals surface area contributed by atoms with Crippen LogP contribution in [0, 0.1) is 6.92 Å². The molecule has 0 fully saturated rings. The number of aromatic nitrogens is 2. The van der Waals surface area contributed by atoms with Crippen molar-refractivity contribution in [3.63, 3.8) is 0 Å². The molecule has 4 rings (SSSR count). The van der Waals surface area contributed by atoms with Gasteiger partial charge in [-0.25, -0.2) is 4.98 Å². The molecule has 0 spiro atoms. The number of halogens is 3. The summed E-state index contributed by atoms with van der Waals surface area (Å²) in [6.45, 7) is 1.30. The predicted molar refractivity (Wildman–Crippen MR) is 109 cm³/mol. The molecule has 1 aromatic carbocycles. The van der Waals surface area contributed by atoms with Gasteiger partial charge in [-0.1, -0.05) is 6.07 Å². The highest BCUT2D eigenvalue weighted by atomic mass is 19.4. The Morgan fingerprint density at radius 2 is 1.97 bits per heavy atom. The van der Waals surface area contributed by atoms with Crippen molar-refractivity contribution >= 4 is 16.9 Å². The van der Waals surface area contributed by atoms with Gasteiger partial charge in [-0.2, -0.15) is 13.2 Å². The van der Waals surface area contributed by atoms with E-state index in [0.29, 0.717) is 18.5 Å². The first-order valence-electron chi connectivity index (χ1n) is 9.73. The van der Waals surface area contributed by atoms with Gasteiger partial charge < -0.3 is 14.8 Å². The number of H-pyrrole nitrogens is 1. The number of nitrogens with one attached hydrogen (secondary N) is 1. The largest absolute Gasteiger partial charge is 0.406 e. The molecule has 8 heteroatoms. The molecule has 3 aromatic rings. The Kier molecular flexibility index (Phi) is 5.05. The van der Waals surface area contributed by atoms with Crippen LogP contribution in [-0.4, -0.2) is 59.0 Å². The van der Waals surface area contributed by atoms with E-state index >= 15 is 0 Å². The minimum absolute atomic E-state index is 0.0599. The van der Waals surface area contributed by atoms with Crippen molar-refractivity contribution in [1.82, 2.24) is 19.8 Å². The minimum Gasteiger partial charge on any atom is -0.346 e. The van der Waals surface area contributed by atoms with Crippen molar-refractivity contribution in [1.29, 1.82) is 0 Å². The summed E-state index contributed by atoms with van der Waals surface area (Å²) in [4.78, 5) is 23.3. The van der Waals surface area contributed by atoms with Gasteiger partial charge in [0, 0.05) is 42.0 Å². The van der Waals surface area contributed by atoms with Crippen molar-refractivity contribution in [2.24, 2.45) is 0 Å². The van der Waals surface area contributed by atoms with Crippen LogP contribution in [0.3, 0.4) is 0 Å². The van der Waals surface area contributed by atoms with Gasteiger partial charge in [0.15, 0.2) is 0 Å². The molecule has 0 aliphatic carbocycles. The topological polar surface area (TPSA) is 52.2 Å². The molecular weight excluding hydrogens is 393 g/mol. The van der Waals surface area contributed by atoms with Crippen molar-refractivity contribution < 1.29 is 18.0 Å². The normalized spacial score (nSPS) is 14.6. The first kappa shape index (κ1) is 20.4. The number of alkyl halides is 3. The molecule has 1 amide bonds. The lowest BCUT2D eigenvalue weighted by atomic mass is 9.89. The van der Waals surface area contributed by atoms with E-state index in [9.17, 15) is 18.0 Å². The average molecular weight is 416 g/mol. The third kappa shape index (κ3) is 3.92. The zero-order valence-electron chi connectivity index (χ0n) is 17.1. The molecule has 1 aliphatic heterocycles. The third-order valence-corrected chi connectivity index (χ3v) is 5.38. The third-order valence-electron chi connectivity index (χ3n) is 5.38. The number of pyridine rings is 1. The molecule has 5 nitrogen and oxygen atoms in total. The molecule has 3 heterocycles. The molecular formula is C22H23F3N4O. The van der Waals surface area contributed by atoms with E-state index in [1.807, 2.05) is 44.2 Å². The fraction of sp³-hybridized carbons (Fsp3) is 0.364. The van der Waals surface area contributed by atoms with E-state index in [0.717, 1.165) is 43.8 Å². The minimum atomic E-state index is -4.41. The molecule has 0 unspecified atom stereocenters. The highest BCUT2D eigenvalue weighted by Crippen LogP contribution is 2.32. The molecule has 0 bridgehead atoms. The molecule has 0 saturated heterocycles.